The van der Waals surface area contributed by atoms with Gasteiger partial charge >= 0.3 is 0 Å². The molecule has 0 saturated heterocycles. The molecule has 17 heavy (non-hydrogen) atoms. The highest BCUT2D eigenvalue weighted by Gasteiger charge is 2.09. The monoisotopic (exact) mass is 235 g/mol. The largest absolute Gasteiger partial charge is 0.380 e. The lowest BCUT2D eigenvalue weighted by Gasteiger charge is -2.18. The fraction of sp³-hybridized carbons (Fsp3) is 0.462. The molecule has 1 aromatic carbocycles. The normalized spacial score (nSPS) is 11.9. The summed E-state index contributed by atoms with van der Waals surface area (Å²) in [6.45, 7) is 2.62. The van der Waals surface area contributed by atoms with Gasteiger partial charge < -0.3 is 11.1 Å². The minimum Gasteiger partial charge on any atom is -0.380 e. The number of anilines is 1. The molecule has 92 valence electrons. The highest BCUT2D eigenvalue weighted by Crippen LogP contribution is 2.18. The molecule has 0 aromatic heterocycles. The highest BCUT2D eigenvalue weighted by molar-refractivity contribution is 5.57. The van der Waals surface area contributed by atoms with Gasteiger partial charge in [0.15, 0.2) is 0 Å². The van der Waals surface area contributed by atoms with Crippen LogP contribution >= 0.6 is 0 Å². The van der Waals surface area contributed by atoms with E-state index in [4.69, 9.17) is 11.0 Å². The van der Waals surface area contributed by atoms with Gasteiger partial charge in [0.05, 0.1) is 11.3 Å². The minimum absolute atomic E-state index is 0.132. The van der Waals surface area contributed by atoms with E-state index in [1.807, 2.05) is 6.07 Å². The number of nitrogens with one attached hydrogen (secondary N) is 1. The predicted octanol–water partition coefficient (Wildman–Crippen LogP) is 2.63. The standard InChI is InChI=1S/C13H18FN3/c1-2-3-4-12(9-16)17-13-6-5-11(14)7-10(13)8-15/h5-7,12,17H,2-4,9,16H2,1H3. The van der Waals surface area contributed by atoms with Gasteiger partial charge in [0, 0.05) is 12.6 Å². The molecule has 0 spiro atoms. The summed E-state index contributed by atoms with van der Waals surface area (Å²) < 4.78 is 13.0. The van der Waals surface area contributed by atoms with Gasteiger partial charge in [-0.1, -0.05) is 19.8 Å². The van der Waals surface area contributed by atoms with Crippen LogP contribution in [0.15, 0.2) is 18.2 Å². The van der Waals surface area contributed by atoms with Crippen molar-refractivity contribution >= 4 is 5.69 Å². The molecule has 1 aromatic rings. The SMILES string of the molecule is CCCCC(CN)Nc1ccc(F)cc1C#N. The Bertz CT molecular complexity index is 398. The van der Waals surface area contributed by atoms with E-state index in [0.29, 0.717) is 17.8 Å². The van der Waals surface area contributed by atoms with Crippen molar-refractivity contribution in [2.24, 2.45) is 5.73 Å². The number of nitriles is 1. The van der Waals surface area contributed by atoms with Crippen LogP contribution in [0.4, 0.5) is 10.1 Å². The van der Waals surface area contributed by atoms with E-state index in [-0.39, 0.29) is 6.04 Å². The van der Waals surface area contributed by atoms with Gasteiger partial charge in [0.25, 0.3) is 0 Å². The topological polar surface area (TPSA) is 61.8 Å². The van der Waals surface area contributed by atoms with Crippen molar-refractivity contribution in [2.75, 3.05) is 11.9 Å². The van der Waals surface area contributed by atoms with Crippen LogP contribution in [0.5, 0.6) is 0 Å². The number of hydrogen-bond acceptors (Lipinski definition) is 3. The summed E-state index contributed by atoms with van der Waals surface area (Å²) in [4.78, 5) is 0. The van der Waals surface area contributed by atoms with Gasteiger partial charge in [0.2, 0.25) is 0 Å². The van der Waals surface area contributed by atoms with Gasteiger partial charge in [-0.25, -0.2) is 4.39 Å². The molecular weight excluding hydrogens is 217 g/mol. The van der Waals surface area contributed by atoms with Crippen molar-refractivity contribution in [2.45, 2.75) is 32.2 Å². The van der Waals surface area contributed by atoms with Gasteiger partial charge in [-0.05, 0) is 24.6 Å². The van der Waals surface area contributed by atoms with Crippen molar-refractivity contribution in [3.05, 3.63) is 29.6 Å². The Labute approximate surface area is 101 Å². The molecule has 0 aliphatic rings. The van der Waals surface area contributed by atoms with E-state index in [2.05, 4.69) is 12.2 Å². The third-order valence-corrected chi connectivity index (χ3v) is 2.65. The Hall–Kier alpha value is -1.60. The first-order valence-electron chi connectivity index (χ1n) is 5.87. The molecule has 0 saturated carbocycles. The number of nitrogens with zero attached hydrogens (tertiary/aromatic N) is 1. The molecule has 0 bridgehead atoms. The molecule has 3 N–H and O–H groups in total. The van der Waals surface area contributed by atoms with Crippen LogP contribution in [-0.2, 0) is 0 Å². The van der Waals surface area contributed by atoms with Crippen LogP contribution in [0.25, 0.3) is 0 Å². The Morgan fingerprint density at radius 1 is 1.53 bits per heavy atom. The molecule has 0 aliphatic carbocycles. The first-order valence-corrected chi connectivity index (χ1v) is 5.87. The maximum absolute atomic E-state index is 13.0. The van der Waals surface area contributed by atoms with Crippen LogP contribution in [-0.4, -0.2) is 12.6 Å². The van der Waals surface area contributed by atoms with Crippen molar-refractivity contribution in [1.82, 2.24) is 0 Å². The van der Waals surface area contributed by atoms with Crippen LogP contribution in [0.3, 0.4) is 0 Å². The number of hydrogen-bond donors (Lipinski definition) is 2. The lowest BCUT2D eigenvalue weighted by atomic mass is 10.1. The van der Waals surface area contributed by atoms with E-state index >= 15 is 0 Å². The molecule has 1 rings (SSSR count). The number of nitrogens with two attached hydrogens (primary N) is 1. The third kappa shape index (κ3) is 4.04. The maximum Gasteiger partial charge on any atom is 0.124 e. The first-order chi connectivity index (χ1) is 8.21. The van der Waals surface area contributed by atoms with Gasteiger partial charge in [-0.15, -0.1) is 0 Å². The Morgan fingerprint density at radius 3 is 2.88 bits per heavy atom. The van der Waals surface area contributed by atoms with Crippen LogP contribution in [0.2, 0.25) is 0 Å². The molecular formula is C13H18FN3. The number of rotatable bonds is 6. The van der Waals surface area contributed by atoms with Crippen molar-refractivity contribution in [3.8, 4) is 6.07 Å². The lowest BCUT2D eigenvalue weighted by Crippen LogP contribution is -2.29. The van der Waals surface area contributed by atoms with Gasteiger partial charge in [-0.2, -0.15) is 5.26 Å². The summed E-state index contributed by atoms with van der Waals surface area (Å²) in [7, 11) is 0. The van der Waals surface area contributed by atoms with Gasteiger partial charge in [-0.3, -0.25) is 0 Å². The average molecular weight is 235 g/mol. The highest BCUT2D eigenvalue weighted by atomic mass is 19.1. The maximum atomic E-state index is 13.0. The fourth-order valence-electron chi connectivity index (χ4n) is 1.65. The molecule has 3 nitrogen and oxygen atoms in total. The molecule has 0 aliphatic heterocycles. The molecule has 0 amide bonds. The van der Waals surface area contributed by atoms with E-state index < -0.39 is 5.82 Å². The van der Waals surface area contributed by atoms with Crippen molar-refractivity contribution in [1.29, 1.82) is 5.26 Å². The second kappa shape index (κ2) is 6.87. The zero-order valence-corrected chi connectivity index (χ0v) is 10.0. The van der Waals surface area contributed by atoms with Crippen LogP contribution < -0.4 is 11.1 Å². The number of halogens is 1. The quantitative estimate of drug-likeness (QED) is 0.796. The van der Waals surface area contributed by atoms with E-state index in [0.717, 1.165) is 19.3 Å². The Morgan fingerprint density at radius 2 is 2.29 bits per heavy atom. The van der Waals surface area contributed by atoms with Crippen molar-refractivity contribution in [3.63, 3.8) is 0 Å². The molecule has 4 heteroatoms. The van der Waals surface area contributed by atoms with E-state index in [9.17, 15) is 4.39 Å². The fourth-order valence-corrected chi connectivity index (χ4v) is 1.65. The average Bonchev–Trinajstić information content (AvgIpc) is 2.35. The second-order valence-corrected chi connectivity index (χ2v) is 4.02. The van der Waals surface area contributed by atoms with E-state index in [1.54, 1.807) is 6.07 Å². The molecule has 0 radical (unpaired) electrons. The Balaban J connectivity index is 2.75. The number of benzene rings is 1. The first kappa shape index (κ1) is 13.5. The smallest absolute Gasteiger partial charge is 0.124 e. The zero-order valence-electron chi connectivity index (χ0n) is 10.0. The summed E-state index contributed by atoms with van der Waals surface area (Å²) in [6, 6.07) is 6.27. The Kier molecular flexibility index (Phi) is 5.44. The summed E-state index contributed by atoms with van der Waals surface area (Å²) in [5.41, 5.74) is 6.64. The van der Waals surface area contributed by atoms with E-state index in [1.165, 1.54) is 12.1 Å². The molecule has 0 heterocycles. The summed E-state index contributed by atoms with van der Waals surface area (Å²) in [5, 5.41) is 12.1. The number of unbranched alkanes of at least 4 members (excludes halogenated alkanes) is 1. The van der Waals surface area contributed by atoms with Gasteiger partial charge in [0.1, 0.15) is 11.9 Å². The third-order valence-electron chi connectivity index (χ3n) is 2.65. The van der Waals surface area contributed by atoms with Crippen LogP contribution in [0, 0.1) is 17.1 Å². The summed E-state index contributed by atoms with van der Waals surface area (Å²) in [6.07, 6.45) is 3.14. The lowest BCUT2D eigenvalue weighted by molar-refractivity contribution is 0.612. The molecule has 1 unspecified atom stereocenters. The summed E-state index contributed by atoms with van der Waals surface area (Å²) >= 11 is 0. The molecule has 1 atom stereocenters. The second-order valence-electron chi connectivity index (χ2n) is 4.02. The zero-order chi connectivity index (χ0) is 12.7. The van der Waals surface area contributed by atoms with Crippen molar-refractivity contribution < 1.29 is 4.39 Å². The molecule has 0 fully saturated rings. The predicted molar refractivity (Wildman–Crippen MR) is 67.1 cm³/mol. The van der Waals surface area contributed by atoms with Crippen LogP contribution in [0.1, 0.15) is 31.7 Å². The summed E-state index contributed by atoms with van der Waals surface area (Å²) in [5.74, 6) is -0.398. The minimum atomic E-state index is -0.398.